The van der Waals surface area contributed by atoms with E-state index in [0.717, 1.165) is 30.8 Å². The van der Waals surface area contributed by atoms with Gasteiger partial charge >= 0.3 is 0 Å². The molecule has 0 bridgehead atoms. The summed E-state index contributed by atoms with van der Waals surface area (Å²) in [6.45, 7) is 6.95. The van der Waals surface area contributed by atoms with Crippen molar-refractivity contribution in [2.75, 3.05) is 11.9 Å². The van der Waals surface area contributed by atoms with Crippen molar-refractivity contribution < 1.29 is 4.74 Å². The number of guanidine groups is 1. The summed E-state index contributed by atoms with van der Waals surface area (Å²) in [6.07, 6.45) is 2.16. The maximum atomic E-state index is 5.77. The Labute approximate surface area is 115 Å². The third-order valence-corrected chi connectivity index (χ3v) is 2.64. The van der Waals surface area contributed by atoms with Crippen molar-refractivity contribution in [1.82, 2.24) is 5.43 Å². The molecule has 0 aromatic heterocycles. The number of aliphatic imine (C=N–C) groups is 1. The molecule has 0 aliphatic rings. The second kappa shape index (κ2) is 8.37. The number of benzene rings is 1. The lowest BCUT2D eigenvalue weighted by atomic mass is 10.3. The molecule has 1 unspecified atom stereocenters. The SMILES string of the molecule is CCCN=C(NN)Nc1cccc(OC(C)CC)c1. The van der Waals surface area contributed by atoms with Crippen LogP contribution in [0.25, 0.3) is 0 Å². The molecule has 1 aromatic carbocycles. The normalized spacial score (nSPS) is 12.9. The number of ether oxygens (including phenoxy) is 1. The Hall–Kier alpha value is -1.75. The molecule has 5 nitrogen and oxygen atoms in total. The van der Waals surface area contributed by atoms with E-state index in [2.05, 4.69) is 36.5 Å². The average molecular weight is 264 g/mol. The molecule has 0 spiro atoms. The fourth-order valence-electron chi connectivity index (χ4n) is 1.44. The molecule has 19 heavy (non-hydrogen) atoms. The Morgan fingerprint density at radius 3 is 2.84 bits per heavy atom. The molecular weight excluding hydrogens is 240 g/mol. The minimum Gasteiger partial charge on any atom is -0.491 e. The molecule has 4 N–H and O–H groups in total. The summed E-state index contributed by atoms with van der Waals surface area (Å²) in [6, 6.07) is 7.76. The molecule has 0 amide bonds. The predicted octanol–water partition coefficient (Wildman–Crippen LogP) is 2.51. The van der Waals surface area contributed by atoms with Crippen LogP contribution >= 0.6 is 0 Å². The molecular formula is C14H24N4O. The molecule has 0 fully saturated rings. The summed E-state index contributed by atoms with van der Waals surface area (Å²) in [7, 11) is 0. The number of hydrazine groups is 1. The zero-order valence-corrected chi connectivity index (χ0v) is 11.9. The van der Waals surface area contributed by atoms with E-state index in [1.165, 1.54) is 0 Å². The second-order valence-corrected chi connectivity index (χ2v) is 4.36. The Balaban J connectivity index is 2.70. The smallest absolute Gasteiger partial charge is 0.210 e. The molecule has 0 radical (unpaired) electrons. The first kappa shape index (κ1) is 15.3. The van der Waals surface area contributed by atoms with Crippen LogP contribution in [-0.4, -0.2) is 18.6 Å². The Morgan fingerprint density at radius 1 is 1.42 bits per heavy atom. The van der Waals surface area contributed by atoms with E-state index in [1.807, 2.05) is 24.3 Å². The number of hydrogen-bond acceptors (Lipinski definition) is 3. The summed E-state index contributed by atoms with van der Waals surface area (Å²) in [5, 5.41) is 3.13. The first-order valence-corrected chi connectivity index (χ1v) is 6.74. The minimum absolute atomic E-state index is 0.205. The monoisotopic (exact) mass is 264 g/mol. The van der Waals surface area contributed by atoms with E-state index in [0.29, 0.717) is 5.96 Å². The summed E-state index contributed by atoms with van der Waals surface area (Å²) >= 11 is 0. The van der Waals surface area contributed by atoms with Crippen molar-refractivity contribution in [2.24, 2.45) is 10.8 Å². The third kappa shape index (κ3) is 5.61. The van der Waals surface area contributed by atoms with E-state index in [4.69, 9.17) is 10.6 Å². The van der Waals surface area contributed by atoms with Crippen molar-refractivity contribution in [3.05, 3.63) is 24.3 Å². The van der Waals surface area contributed by atoms with Crippen molar-refractivity contribution in [3.8, 4) is 5.75 Å². The van der Waals surface area contributed by atoms with Gasteiger partial charge in [0.1, 0.15) is 5.75 Å². The quantitative estimate of drug-likeness (QED) is 0.319. The van der Waals surface area contributed by atoms with Crippen molar-refractivity contribution in [1.29, 1.82) is 0 Å². The van der Waals surface area contributed by atoms with Crippen LogP contribution < -0.4 is 21.3 Å². The van der Waals surface area contributed by atoms with Gasteiger partial charge in [-0.3, -0.25) is 10.4 Å². The number of nitrogens with one attached hydrogen (secondary N) is 2. The number of hydrogen-bond donors (Lipinski definition) is 3. The number of nitrogens with zero attached hydrogens (tertiary/aromatic N) is 1. The lowest BCUT2D eigenvalue weighted by Gasteiger charge is -2.14. The van der Waals surface area contributed by atoms with Gasteiger partial charge in [-0.25, -0.2) is 5.84 Å². The summed E-state index contributed by atoms with van der Waals surface area (Å²) in [5.41, 5.74) is 3.45. The topological polar surface area (TPSA) is 71.7 Å². The van der Waals surface area contributed by atoms with Crippen molar-refractivity contribution >= 4 is 11.6 Å². The zero-order valence-electron chi connectivity index (χ0n) is 11.9. The van der Waals surface area contributed by atoms with E-state index < -0.39 is 0 Å². The van der Waals surface area contributed by atoms with E-state index >= 15 is 0 Å². The average Bonchev–Trinajstić information content (AvgIpc) is 2.43. The van der Waals surface area contributed by atoms with Gasteiger partial charge in [0, 0.05) is 18.3 Å². The van der Waals surface area contributed by atoms with Crippen LogP contribution in [0.15, 0.2) is 29.3 Å². The van der Waals surface area contributed by atoms with Crippen molar-refractivity contribution in [2.45, 2.75) is 39.7 Å². The molecule has 0 heterocycles. The molecule has 1 aromatic rings. The Morgan fingerprint density at radius 2 is 2.21 bits per heavy atom. The van der Waals surface area contributed by atoms with Gasteiger partial charge in [0.2, 0.25) is 5.96 Å². The van der Waals surface area contributed by atoms with E-state index in [1.54, 1.807) is 0 Å². The van der Waals surface area contributed by atoms with Gasteiger partial charge in [0.25, 0.3) is 0 Å². The summed E-state index contributed by atoms with van der Waals surface area (Å²) < 4.78 is 5.77. The van der Waals surface area contributed by atoms with Crippen LogP contribution in [0, 0.1) is 0 Å². The highest BCUT2D eigenvalue weighted by Gasteiger charge is 2.03. The first-order chi connectivity index (χ1) is 9.19. The molecule has 1 rings (SSSR count). The Kier molecular flexibility index (Phi) is 6.74. The van der Waals surface area contributed by atoms with Crippen LogP contribution in [0.4, 0.5) is 5.69 Å². The van der Waals surface area contributed by atoms with Gasteiger partial charge in [0.15, 0.2) is 0 Å². The molecule has 1 atom stereocenters. The molecule has 0 saturated heterocycles. The highest BCUT2D eigenvalue weighted by molar-refractivity contribution is 5.93. The molecule has 106 valence electrons. The van der Waals surface area contributed by atoms with Gasteiger partial charge in [0.05, 0.1) is 6.10 Å². The van der Waals surface area contributed by atoms with E-state index in [-0.39, 0.29) is 6.10 Å². The molecule has 0 saturated carbocycles. The third-order valence-electron chi connectivity index (χ3n) is 2.64. The van der Waals surface area contributed by atoms with Gasteiger partial charge in [-0.1, -0.05) is 19.9 Å². The standard InChI is InChI=1S/C14H24N4O/c1-4-9-16-14(18-15)17-12-7-6-8-13(10-12)19-11(3)5-2/h6-8,10-11H,4-5,9,15H2,1-3H3,(H2,16,17,18). The fraction of sp³-hybridized carbons (Fsp3) is 0.500. The van der Waals surface area contributed by atoms with Crippen LogP contribution in [0.3, 0.4) is 0 Å². The van der Waals surface area contributed by atoms with Crippen LogP contribution in [0.2, 0.25) is 0 Å². The number of nitrogens with two attached hydrogens (primary N) is 1. The summed E-state index contributed by atoms with van der Waals surface area (Å²) in [4.78, 5) is 4.29. The highest BCUT2D eigenvalue weighted by atomic mass is 16.5. The maximum Gasteiger partial charge on any atom is 0.210 e. The number of rotatable bonds is 6. The van der Waals surface area contributed by atoms with Crippen molar-refractivity contribution in [3.63, 3.8) is 0 Å². The number of anilines is 1. The summed E-state index contributed by atoms with van der Waals surface area (Å²) in [5.74, 6) is 6.82. The largest absolute Gasteiger partial charge is 0.491 e. The van der Waals surface area contributed by atoms with E-state index in [9.17, 15) is 0 Å². The lowest BCUT2D eigenvalue weighted by Crippen LogP contribution is -2.36. The fourth-order valence-corrected chi connectivity index (χ4v) is 1.44. The maximum absolute atomic E-state index is 5.77. The van der Waals surface area contributed by atoms with Crippen LogP contribution in [-0.2, 0) is 0 Å². The van der Waals surface area contributed by atoms with Gasteiger partial charge in [-0.05, 0) is 31.9 Å². The van der Waals surface area contributed by atoms with Crippen LogP contribution in [0.5, 0.6) is 5.75 Å². The molecule has 0 aliphatic heterocycles. The van der Waals surface area contributed by atoms with Crippen LogP contribution in [0.1, 0.15) is 33.6 Å². The second-order valence-electron chi connectivity index (χ2n) is 4.36. The first-order valence-electron chi connectivity index (χ1n) is 6.74. The highest BCUT2D eigenvalue weighted by Crippen LogP contribution is 2.19. The predicted molar refractivity (Wildman–Crippen MR) is 80.4 cm³/mol. The molecule has 5 heteroatoms. The van der Waals surface area contributed by atoms with Gasteiger partial charge in [-0.15, -0.1) is 0 Å². The van der Waals surface area contributed by atoms with Gasteiger partial charge in [-0.2, -0.15) is 0 Å². The van der Waals surface area contributed by atoms with Gasteiger partial charge < -0.3 is 10.1 Å². The zero-order chi connectivity index (χ0) is 14.1. The minimum atomic E-state index is 0.205. The molecule has 0 aliphatic carbocycles. The lowest BCUT2D eigenvalue weighted by molar-refractivity contribution is 0.217. The Bertz CT molecular complexity index is 406.